The molecule has 1 heterocycles. The maximum Gasteiger partial charge on any atom is 0.573 e. The number of hydrogen-bond acceptors (Lipinski definition) is 6. The van der Waals surface area contributed by atoms with Gasteiger partial charge in [-0.05, 0) is 24.3 Å². The number of nitrogens with zero attached hydrogens (tertiary/aromatic N) is 2. The summed E-state index contributed by atoms with van der Waals surface area (Å²) in [5.74, 6) is -1.92. The number of ether oxygens (including phenoxy) is 1. The molecule has 0 spiro atoms. The van der Waals surface area contributed by atoms with Gasteiger partial charge in [0.05, 0.1) is 0 Å². The lowest BCUT2D eigenvalue weighted by atomic mass is 10.2. The van der Waals surface area contributed by atoms with Crippen LogP contribution in [-0.2, 0) is 0 Å². The fourth-order valence-corrected chi connectivity index (χ4v) is 1.29. The van der Waals surface area contributed by atoms with Crippen molar-refractivity contribution in [2.75, 3.05) is 0 Å². The molecule has 2 N–H and O–H groups in total. The van der Waals surface area contributed by atoms with Crippen molar-refractivity contribution in [2.45, 2.75) is 6.36 Å². The zero-order valence-electron chi connectivity index (χ0n) is 9.51. The van der Waals surface area contributed by atoms with E-state index < -0.39 is 23.9 Å². The Balaban J connectivity index is 2.18. The fraction of sp³-hybridized carbons (Fsp3) is 0.100. The van der Waals surface area contributed by atoms with E-state index in [1.54, 1.807) is 0 Å². The zero-order chi connectivity index (χ0) is 14.8. The lowest BCUT2D eigenvalue weighted by Crippen LogP contribution is -2.18. The molecule has 0 unspecified atom stereocenters. The van der Waals surface area contributed by atoms with Crippen LogP contribution in [0.1, 0.15) is 10.7 Å². The minimum Gasteiger partial charge on any atom is -0.406 e. The Bertz CT molecular complexity index is 609. The van der Waals surface area contributed by atoms with Crippen LogP contribution in [0.25, 0.3) is 11.4 Å². The third kappa shape index (κ3) is 3.23. The number of amides is 1. The molecule has 0 aliphatic heterocycles. The zero-order valence-corrected chi connectivity index (χ0v) is 9.51. The Morgan fingerprint density at radius 3 is 2.50 bits per heavy atom. The molecule has 0 fully saturated rings. The van der Waals surface area contributed by atoms with Gasteiger partial charge in [0.1, 0.15) is 5.75 Å². The Morgan fingerprint density at radius 2 is 1.95 bits per heavy atom. The van der Waals surface area contributed by atoms with Crippen molar-refractivity contribution < 1.29 is 32.4 Å². The predicted molar refractivity (Wildman–Crippen MR) is 55.7 cm³/mol. The molecule has 7 nitrogen and oxygen atoms in total. The summed E-state index contributed by atoms with van der Waals surface area (Å²) in [5, 5.41) is 11.8. The van der Waals surface area contributed by atoms with Gasteiger partial charge in [0, 0.05) is 5.56 Å². The van der Waals surface area contributed by atoms with E-state index in [4.69, 9.17) is 5.21 Å². The van der Waals surface area contributed by atoms with Crippen LogP contribution in [0.2, 0.25) is 0 Å². The van der Waals surface area contributed by atoms with Crippen LogP contribution in [0.5, 0.6) is 5.75 Å². The Hall–Kier alpha value is -2.62. The van der Waals surface area contributed by atoms with Crippen LogP contribution >= 0.6 is 0 Å². The second-order valence-electron chi connectivity index (χ2n) is 3.44. The molecule has 20 heavy (non-hydrogen) atoms. The highest BCUT2D eigenvalue weighted by atomic mass is 19.4. The number of carbonyl (C=O) groups is 1. The fourth-order valence-electron chi connectivity index (χ4n) is 1.29. The predicted octanol–water partition coefficient (Wildman–Crippen LogP) is 1.75. The Labute approximate surface area is 108 Å². The van der Waals surface area contributed by atoms with Crippen LogP contribution in [0.4, 0.5) is 13.2 Å². The number of aromatic nitrogens is 2. The maximum absolute atomic E-state index is 12.0. The third-order valence-electron chi connectivity index (χ3n) is 2.07. The first kappa shape index (κ1) is 13.8. The second-order valence-corrected chi connectivity index (χ2v) is 3.44. The Kier molecular flexibility index (Phi) is 3.57. The summed E-state index contributed by atoms with van der Waals surface area (Å²) in [4.78, 5) is 14.6. The van der Waals surface area contributed by atoms with E-state index in [1.165, 1.54) is 17.6 Å². The van der Waals surface area contributed by atoms with Crippen molar-refractivity contribution in [3.05, 3.63) is 30.2 Å². The highest BCUT2D eigenvalue weighted by Gasteiger charge is 2.31. The van der Waals surface area contributed by atoms with E-state index in [-0.39, 0.29) is 5.82 Å². The Morgan fingerprint density at radius 1 is 1.30 bits per heavy atom. The maximum atomic E-state index is 12.0. The molecule has 2 aromatic rings. The summed E-state index contributed by atoms with van der Waals surface area (Å²) in [6.07, 6.45) is -4.78. The monoisotopic (exact) mass is 289 g/mol. The minimum absolute atomic E-state index is 0.0258. The first-order valence-corrected chi connectivity index (χ1v) is 5.03. The van der Waals surface area contributed by atoms with Crippen molar-refractivity contribution in [1.29, 1.82) is 0 Å². The van der Waals surface area contributed by atoms with Crippen molar-refractivity contribution in [1.82, 2.24) is 15.6 Å². The molecule has 106 valence electrons. The number of alkyl halides is 3. The van der Waals surface area contributed by atoms with Crippen LogP contribution in [0.15, 0.2) is 28.8 Å². The molecule has 2 rings (SSSR count). The smallest absolute Gasteiger partial charge is 0.406 e. The summed E-state index contributed by atoms with van der Waals surface area (Å²) in [5.41, 5.74) is 1.61. The molecule has 0 aliphatic rings. The minimum atomic E-state index is -4.78. The summed E-state index contributed by atoms with van der Waals surface area (Å²) in [7, 11) is 0. The van der Waals surface area contributed by atoms with E-state index in [9.17, 15) is 18.0 Å². The van der Waals surface area contributed by atoms with Gasteiger partial charge >= 0.3 is 18.2 Å². The number of benzene rings is 1. The summed E-state index contributed by atoms with van der Waals surface area (Å²) in [6.45, 7) is 0. The third-order valence-corrected chi connectivity index (χ3v) is 2.07. The van der Waals surface area contributed by atoms with Crippen molar-refractivity contribution >= 4 is 5.91 Å². The number of hydrogen-bond donors (Lipinski definition) is 2. The number of halogens is 3. The first-order chi connectivity index (χ1) is 9.39. The second kappa shape index (κ2) is 5.17. The van der Waals surface area contributed by atoms with Gasteiger partial charge in [-0.3, -0.25) is 10.0 Å². The molecule has 0 saturated carbocycles. The van der Waals surface area contributed by atoms with Crippen LogP contribution in [0.3, 0.4) is 0 Å². The average molecular weight is 289 g/mol. The van der Waals surface area contributed by atoms with Gasteiger partial charge in [0.15, 0.2) is 0 Å². The molecule has 0 aliphatic carbocycles. The molecule has 1 aromatic heterocycles. The van der Waals surface area contributed by atoms with E-state index in [0.717, 1.165) is 12.1 Å². The largest absolute Gasteiger partial charge is 0.573 e. The van der Waals surface area contributed by atoms with Gasteiger partial charge in [-0.2, -0.15) is 4.98 Å². The first-order valence-electron chi connectivity index (χ1n) is 5.03. The number of hydroxylamine groups is 1. The SMILES string of the molecule is O=C(NO)c1nc(-c2ccc(OC(F)(F)F)cc2)no1. The van der Waals surface area contributed by atoms with Crippen molar-refractivity contribution in [3.8, 4) is 17.1 Å². The van der Waals surface area contributed by atoms with E-state index in [1.807, 2.05) is 0 Å². The number of nitrogens with one attached hydrogen (secondary N) is 1. The van der Waals surface area contributed by atoms with Gasteiger partial charge in [-0.15, -0.1) is 13.2 Å². The topological polar surface area (TPSA) is 97.5 Å². The molecule has 0 saturated heterocycles. The van der Waals surface area contributed by atoms with Gasteiger partial charge in [0.2, 0.25) is 5.82 Å². The van der Waals surface area contributed by atoms with Gasteiger partial charge in [-0.1, -0.05) is 5.16 Å². The average Bonchev–Trinajstić information content (AvgIpc) is 2.86. The molecule has 1 amide bonds. The summed E-state index contributed by atoms with van der Waals surface area (Å²) in [6, 6.07) is 4.63. The van der Waals surface area contributed by atoms with Gasteiger partial charge in [-0.25, -0.2) is 5.48 Å². The van der Waals surface area contributed by atoms with Crippen molar-refractivity contribution in [3.63, 3.8) is 0 Å². The summed E-state index contributed by atoms with van der Waals surface area (Å²) >= 11 is 0. The molecule has 0 atom stereocenters. The normalized spacial score (nSPS) is 11.2. The van der Waals surface area contributed by atoms with Crippen LogP contribution in [-0.4, -0.2) is 27.6 Å². The van der Waals surface area contributed by atoms with E-state index in [2.05, 4.69) is 19.4 Å². The quantitative estimate of drug-likeness (QED) is 0.660. The number of rotatable bonds is 3. The lowest BCUT2D eigenvalue weighted by molar-refractivity contribution is -0.274. The van der Waals surface area contributed by atoms with E-state index in [0.29, 0.717) is 5.56 Å². The molecular formula is C10H6F3N3O4. The van der Waals surface area contributed by atoms with Gasteiger partial charge in [0.25, 0.3) is 0 Å². The number of carbonyl (C=O) groups excluding carboxylic acids is 1. The van der Waals surface area contributed by atoms with Crippen molar-refractivity contribution in [2.24, 2.45) is 0 Å². The molecular weight excluding hydrogens is 283 g/mol. The highest BCUT2D eigenvalue weighted by Crippen LogP contribution is 2.25. The molecule has 0 bridgehead atoms. The summed E-state index contributed by atoms with van der Waals surface area (Å²) < 4.78 is 44.1. The van der Waals surface area contributed by atoms with E-state index >= 15 is 0 Å². The standard InChI is InChI=1S/C10H6F3N3O4/c11-10(12,13)19-6-3-1-5(2-4-6)7-14-9(20-16-7)8(17)15-18/h1-4,18H,(H,15,17). The lowest BCUT2D eigenvalue weighted by Gasteiger charge is -2.08. The highest BCUT2D eigenvalue weighted by molar-refractivity contribution is 5.88. The van der Waals surface area contributed by atoms with Crippen LogP contribution in [0, 0.1) is 0 Å². The van der Waals surface area contributed by atoms with Gasteiger partial charge < -0.3 is 9.26 Å². The molecule has 1 aromatic carbocycles. The van der Waals surface area contributed by atoms with Crippen LogP contribution < -0.4 is 10.2 Å². The molecule has 0 radical (unpaired) electrons. The molecule has 10 heteroatoms.